The summed E-state index contributed by atoms with van der Waals surface area (Å²) >= 11 is 6.09. The molecule has 41 heavy (non-hydrogen) atoms. The minimum atomic E-state index is -4.58. The van der Waals surface area contributed by atoms with Gasteiger partial charge in [-0.25, -0.2) is 0 Å². The zero-order valence-corrected chi connectivity index (χ0v) is 24.6. The van der Waals surface area contributed by atoms with E-state index in [9.17, 15) is 22.8 Å². The van der Waals surface area contributed by atoms with Crippen molar-refractivity contribution in [2.75, 3.05) is 32.7 Å². The van der Waals surface area contributed by atoms with Gasteiger partial charge in [-0.3, -0.25) is 9.59 Å². The summed E-state index contributed by atoms with van der Waals surface area (Å²) in [6.45, 7) is 9.40. The largest absolute Gasteiger partial charge is 0.416 e. The van der Waals surface area contributed by atoms with E-state index in [1.54, 1.807) is 0 Å². The number of nitrogens with one attached hydrogen (secondary N) is 1. The molecule has 0 aromatic heterocycles. The molecule has 222 valence electrons. The summed E-state index contributed by atoms with van der Waals surface area (Å²) in [6, 6.07) is 7.99. The van der Waals surface area contributed by atoms with Crippen molar-refractivity contribution in [2.24, 2.45) is 11.3 Å². The molecule has 2 aromatic rings. The standard InChI is InChI=1S/C32H39ClF3N3O2/c1-3-21(4-2)19-38-14-11-31(12-15-38)13-16-39(20-31)30(41)23-6-5-22-7-10-28(25(22)17-23)37-29(40)26-18-24(32(34,35)36)8-9-27(26)33/h5-6,8-9,17-18,21,28H,3-4,7,10-16,19-20H2,1-2H3,(H,37,40). The van der Waals surface area contributed by atoms with Gasteiger partial charge in [-0.05, 0) is 98.0 Å². The number of nitrogens with zero attached hydrogens (tertiary/aromatic N) is 2. The molecule has 9 heteroatoms. The Balaban J connectivity index is 1.23. The normalized spacial score (nSPS) is 20.6. The van der Waals surface area contributed by atoms with Crippen molar-refractivity contribution in [1.82, 2.24) is 15.1 Å². The van der Waals surface area contributed by atoms with Crippen LogP contribution in [0.5, 0.6) is 0 Å². The minimum absolute atomic E-state index is 0.00188. The third-order valence-corrected chi connectivity index (χ3v) is 9.96. The van der Waals surface area contributed by atoms with E-state index in [1.807, 2.05) is 23.1 Å². The highest BCUT2D eigenvalue weighted by Gasteiger charge is 2.42. The predicted molar refractivity (Wildman–Crippen MR) is 154 cm³/mol. The van der Waals surface area contributed by atoms with E-state index in [0.29, 0.717) is 18.4 Å². The van der Waals surface area contributed by atoms with Crippen molar-refractivity contribution in [1.29, 1.82) is 0 Å². The first-order chi connectivity index (χ1) is 19.5. The van der Waals surface area contributed by atoms with Gasteiger partial charge in [0.25, 0.3) is 11.8 Å². The van der Waals surface area contributed by atoms with Crippen LogP contribution in [0.3, 0.4) is 0 Å². The molecule has 0 saturated carbocycles. The SMILES string of the molecule is CCC(CC)CN1CCC2(CC1)CCN(C(=O)c1ccc3c(c1)C(NC(=O)c1cc(C(F)(F)F)ccc1Cl)CC3)C2. The van der Waals surface area contributed by atoms with Crippen LogP contribution in [0.2, 0.25) is 5.02 Å². The average molecular weight is 590 g/mol. The summed E-state index contributed by atoms with van der Waals surface area (Å²) < 4.78 is 39.6. The van der Waals surface area contributed by atoms with E-state index in [1.165, 1.54) is 19.4 Å². The number of amides is 2. The molecule has 2 saturated heterocycles. The Labute approximate surface area is 245 Å². The lowest BCUT2D eigenvalue weighted by atomic mass is 9.77. The third kappa shape index (κ3) is 6.43. The zero-order chi connectivity index (χ0) is 29.4. The fourth-order valence-corrected chi connectivity index (χ4v) is 7.02. The van der Waals surface area contributed by atoms with Crippen LogP contribution < -0.4 is 5.32 Å². The first kappa shape index (κ1) is 29.9. The number of hydrogen-bond donors (Lipinski definition) is 1. The number of carbonyl (C=O) groups excluding carboxylic acids is 2. The van der Waals surface area contributed by atoms with E-state index in [0.717, 1.165) is 80.7 Å². The van der Waals surface area contributed by atoms with Crippen LogP contribution in [-0.2, 0) is 12.6 Å². The maximum atomic E-state index is 13.6. The molecule has 1 unspecified atom stereocenters. The summed E-state index contributed by atoms with van der Waals surface area (Å²) in [7, 11) is 0. The van der Waals surface area contributed by atoms with Crippen LogP contribution >= 0.6 is 11.6 Å². The van der Waals surface area contributed by atoms with Crippen LogP contribution in [0.1, 0.15) is 95.8 Å². The zero-order valence-electron chi connectivity index (χ0n) is 23.8. The van der Waals surface area contributed by atoms with Gasteiger partial charge in [0.15, 0.2) is 0 Å². The lowest BCUT2D eigenvalue weighted by Crippen LogP contribution is -2.43. The van der Waals surface area contributed by atoms with Gasteiger partial charge >= 0.3 is 6.18 Å². The second-order valence-corrected chi connectivity index (χ2v) is 12.5. The van der Waals surface area contributed by atoms with Crippen molar-refractivity contribution in [3.63, 3.8) is 0 Å². The molecule has 2 aromatic carbocycles. The molecule has 1 spiro atoms. The quantitative estimate of drug-likeness (QED) is 0.373. The topological polar surface area (TPSA) is 52.6 Å². The Morgan fingerprint density at radius 2 is 1.76 bits per heavy atom. The number of hydrogen-bond acceptors (Lipinski definition) is 3. The maximum Gasteiger partial charge on any atom is 0.416 e. The smallest absolute Gasteiger partial charge is 0.345 e. The van der Waals surface area contributed by atoms with Crippen molar-refractivity contribution >= 4 is 23.4 Å². The number of aryl methyl sites for hydroxylation is 1. The van der Waals surface area contributed by atoms with Gasteiger partial charge in [0, 0.05) is 25.2 Å². The maximum absolute atomic E-state index is 13.6. The number of fused-ring (bicyclic) bond motifs is 1. The summed E-state index contributed by atoms with van der Waals surface area (Å²) in [5.41, 5.74) is 1.52. The minimum Gasteiger partial charge on any atom is -0.345 e. The molecule has 2 fully saturated rings. The molecule has 5 rings (SSSR count). The van der Waals surface area contributed by atoms with Gasteiger partial charge in [-0.15, -0.1) is 0 Å². The first-order valence-corrected chi connectivity index (χ1v) is 15.2. The number of halogens is 4. The third-order valence-electron chi connectivity index (χ3n) is 9.63. The van der Waals surface area contributed by atoms with Gasteiger partial charge in [0.2, 0.25) is 0 Å². The van der Waals surface area contributed by atoms with Crippen LogP contribution in [-0.4, -0.2) is 54.3 Å². The predicted octanol–water partition coefficient (Wildman–Crippen LogP) is 7.14. The summed E-state index contributed by atoms with van der Waals surface area (Å²) in [4.78, 5) is 31.1. The highest BCUT2D eigenvalue weighted by molar-refractivity contribution is 6.33. The lowest BCUT2D eigenvalue weighted by Gasteiger charge is -2.40. The van der Waals surface area contributed by atoms with Crippen molar-refractivity contribution in [2.45, 2.75) is 71.0 Å². The molecule has 3 aliphatic rings. The number of likely N-dealkylation sites (tertiary alicyclic amines) is 2. The Morgan fingerprint density at radius 3 is 2.44 bits per heavy atom. The molecule has 1 N–H and O–H groups in total. The fraction of sp³-hybridized carbons (Fsp3) is 0.562. The van der Waals surface area contributed by atoms with Crippen LogP contribution in [0.25, 0.3) is 0 Å². The number of rotatable bonds is 7. The molecule has 0 bridgehead atoms. The van der Waals surface area contributed by atoms with E-state index >= 15 is 0 Å². The molecule has 5 nitrogen and oxygen atoms in total. The Morgan fingerprint density at radius 1 is 1.05 bits per heavy atom. The molecule has 1 atom stereocenters. The van der Waals surface area contributed by atoms with Gasteiger partial charge in [0.05, 0.1) is 22.2 Å². The van der Waals surface area contributed by atoms with Crippen molar-refractivity contribution < 1.29 is 22.8 Å². The van der Waals surface area contributed by atoms with Gasteiger partial charge < -0.3 is 15.1 Å². The number of benzene rings is 2. The highest BCUT2D eigenvalue weighted by Crippen LogP contribution is 2.41. The van der Waals surface area contributed by atoms with Gasteiger partial charge in [0.1, 0.15) is 0 Å². The molecule has 0 radical (unpaired) electrons. The molecular formula is C32H39ClF3N3O2. The second-order valence-electron chi connectivity index (χ2n) is 12.1. The van der Waals surface area contributed by atoms with Crippen LogP contribution in [0.4, 0.5) is 13.2 Å². The van der Waals surface area contributed by atoms with Gasteiger partial charge in [-0.1, -0.05) is 44.4 Å². The van der Waals surface area contributed by atoms with Crippen LogP contribution in [0, 0.1) is 11.3 Å². The number of carbonyl (C=O) groups is 2. The Kier molecular flexibility index (Phi) is 8.72. The first-order valence-electron chi connectivity index (χ1n) is 14.8. The Hall–Kier alpha value is -2.58. The molecule has 1 aliphatic carbocycles. The molecule has 2 amide bonds. The van der Waals surface area contributed by atoms with E-state index in [-0.39, 0.29) is 21.9 Å². The van der Waals surface area contributed by atoms with E-state index in [4.69, 9.17) is 11.6 Å². The van der Waals surface area contributed by atoms with E-state index < -0.39 is 23.7 Å². The monoisotopic (exact) mass is 589 g/mol. The second kappa shape index (κ2) is 12.0. The van der Waals surface area contributed by atoms with Gasteiger partial charge in [-0.2, -0.15) is 13.2 Å². The van der Waals surface area contributed by atoms with Crippen LogP contribution in [0.15, 0.2) is 36.4 Å². The number of alkyl halides is 3. The lowest BCUT2D eigenvalue weighted by molar-refractivity contribution is -0.137. The molecular weight excluding hydrogens is 551 g/mol. The number of piperidine rings is 1. The highest BCUT2D eigenvalue weighted by atomic mass is 35.5. The van der Waals surface area contributed by atoms with E-state index in [2.05, 4.69) is 24.1 Å². The summed E-state index contributed by atoms with van der Waals surface area (Å²) in [5.74, 6) is 0.0934. The summed E-state index contributed by atoms with van der Waals surface area (Å²) in [5, 5.41) is 2.82. The molecule has 2 heterocycles. The fourth-order valence-electron chi connectivity index (χ4n) is 6.82. The summed E-state index contributed by atoms with van der Waals surface area (Å²) in [6.07, 6.45) is 2.43. The molecule has 2 aliphatic heterocycles. The van der Waals surface area contributed by atoms with Crippen molar-refractivity contribution in [3.8, 4) is 0 Å². The van der Waals surface area contributed by atoms with Crippen molar-refractivity contribution in [3.05, 3.63) is 69.2 Å². The average Bonchev–Trinajstić information content (AvgIpc) is 3.56. The Bertz CT molecular complexity index is 1290.